The van der Waals surface area contributed by atoms with Crippen LogP contribution in [0, 0.1) is 11.8 Å². The van der Waals surface area contributed by atoms with Crippen LogP contribution in [0.5, 0.6) is 0 Å². The molecule has 19 heteroatoms. The third-order valence-electron chi connectivity index (χ3n) is 17.7. The van der Waals surface area contributed by atoms with Crippen molar-refractivity contribution in [2.24, 2.45) is 11.8 Å². The second kappa shape index (κ2) is 67.9. The fourth-order valence-electron chi connectivity index (χ4n) is 11.7. The molecule has 0 bridgehead atoms. The van der Waals surface area contributed by atoms with Gasteiger partial charge in [-0.25, -0.2) is 9.13 Å². The Hall–Kier alpha value is -1.94. The highest BCUT2D eigenvalue weighted by atomic mass is 31.2. The molecule has 95 heavy (non-hydrogen) atoms. The van der Waals surface area contributed by atoms with E-state index in [0.717, 1.165) is 102 Å². The smallest absolute Gasteiger partial charge is 0.462 e. The highest BCUT2D eigenvalue weighted by molar-refractivity contribution is 7.47. The van der Waals surface area contributed by atoms with Crippen molar-refractivity contribution in [3.63, 3.8) is 0 Å². The van der Waals surface area contributed by atoms with Gasteiger partial charge in [0.2, 0.25) is 0 Å². The highest BCUT2D eigenvalue weighted by Crippen LogP contribution is 2.45. The molecular weight excluding hydrogens is 1250 g/mol. The number of aliphatic hydroxyl groups excluding tert-OH is 1. The zero-order valence-electron chi connectivity index (χ0n) is 62.0. The Bertz CT molecular complexity index is 1840. The van der Waals surface area contributed by atoms with Gasteiger partial charge in [0.1, 0.15) is 19.3 Å². The van der Waals surface area contributed by atoms with Crippen molar-refractivity contribution in [2.75, 3.05) is 39.6 Å². The summed E-state index contributed by atoms with van der Waals surface area (Å²) < 4.78 is 68.5. The number of hydrogen-bond donors (Lipinski definition) is 3. The number of rotatable bonds is 75. The van der Waals surface area contributed by atoms with Gasteiger partial charge in [0.05, 0.1) is 26.4 Å². The van der Waals surface area contributed by atoms with Gasteiger partial charge in [-0.05, 0) is 37.5 Å². The van der Waals surface area contributed by atoms with E-state index in [9.17, 15) is 43.2 Å². The lowest BCUT2D eigenvalue weighted by Crippen LogP contribution is -2.30. The van der Waals surface area contributed by atoms with Gasteiger partial charge in [0, 0.05) is 25.7 Å². The average molecular weight is 1400 g/mol. The molecule has 5 atom stereocenters. The van der Waals surface area contributed by atoms with Gasteiger partial charge in [-0.3, -0.25) is 37.3 Å². The predicted octanol–water partition coefficient (Wildman–Crippen LogP) is 22.3. The Morgan fingerprint density at radius 3 is 0.716 bits per heavy atom. The molecule has 0 saturated heterocycles. The summed E-state index contributed by atoms with van der Waals surface area (Å²) in [6.07, 6.45) is 55.4. The van der Waals surface area contributed by atoms with E-state index < -0.39 is 97.5 Å². The molecule has 0 amide bonds. The summed E-state index contributed by atoms with van der Waals surface area (Å²) in [5.41, 5.74) is 0. The van der Waals surface area contributed by atoms with Gasteiger partial charge in [0.15, 0.2) is 12.2 Å². The van der Waals surface area contributed by atoms with Crippen molar-refractivity contribution >= 4 is 39.5 Å². The maximum Gasteiger partial charge on any atom is 0.472 e. The minimum absolute atomic E-state index is 0.107. The Morgan fingerprint density at radius 1 is 0.284 bits per heavy atom. The molecule has 0 fully saturated rings. The van der Waals surface area contributed by atoms with Crippen molar-refractivity contribution < 1.29 is 80.2 Å². The number of aliphatic hydroxyl groups is 1. The maximum absolute atomic E-state index is 13.1. The molecule has 2 unspecified atom stereocenters. The first-order chi connectivity index (χ1) is 45.9. The van der Waals surface area contributed by atoms with Gasteiger partial charge < -0.3 is 33.8 Å². The maximum atomic E-state index is 13.1. The monoisotopic (exact) mass is 1400 g/mol. The van der Waals surface area contributed by atoms with Crippen LogP contribution in [-0.4, -0.2) is 96.7 Å². The summed E-state index contributed by atoms with van der Waals surface area (Å²) in [5.74, 6) is -0.578. The molecule has 0 aliphatic heterocycles. The van der Waals surface area contributed by atoms with E-state index in [4.69, 9.17) is 37.0 Å². The van der Waals surface area contributed by atoms with Crippen LogP contribution in [-0.2, 0) is 65.4 Å². The lowest BCUT2D eigenvalue weighted by atomic mass is 10.0. The number of phosphoric ester groups is 2. The fourth-order valence-corrected chi connectivity index (χ4v) is 13.2. The first-order valence-corrected chi connectivity index (χ1v) is 42.5. The summed E-state index contributed by atoms with van der Waals surface area (Å²) in [6.45, 7) is 9.59. The average Bonchev–Trinajstić information content (AvgIpc) is 1.64. The third-order valence-corrected chi connectivity index (χ3v) is 19.6. The Kier molecular flexibility index (Phi) is 66.5. The number of carbonyl (C=O) groups is 4. The van der Waals surface area contributed by atoms with Crippen LogP contribution < -0.4 is 0 Å². The molecule has 3 N–H and O–H groups in total. The predicted molar refractivity (Wildman–Crippen MR) is 386 cm³/mol. The van der Waals surface area contributed by atoms with Crippen molar-refractivity contribution in [1.82, 2.24) is 0 Å². The Balaban J connectivity index is 5.23. The molecule has 0 aromatic heterocycles. The minimum atomic E-state index is -4.96. The fraction of sp³-hybridized carbons (Fsp3) is 0.947. The van der Waals surface area contributed by atoms with Crippen LogP contribution in [0.3, 0.4) is 0 Å². The first kappa shape index (κ1) is 93.1. The normalized spacial score (nSPS) is 14.0. The van der Waals surface area contributed by atoms with Crippen LogP contribution in [0.2, 0.25) is 0 Å². The summed E-state index contributed by atoms with van der Waals surface area (Å²) in [7, 11) is -9.91. The SMILES string of the molecule is CCCCCCCCCCCCCCCC(=O)OC[C@H](COP(=O)(O)OC[C@@H](O)COP(=O)(O)OC[C@@H](COC(=O)CCCCCCCCCCC(C)C)OC(=O)CCCCCCCCCCCCCC)OC(=O)CCCCCCCCCCCCCCCCCCC(C)C. The minimum Gasteiger partial charge on any atom is -0.462 e. The standard InChI is InChI=1S/C76H148O17P2/c1-7-9-11-13-15-17-19-25-30-33-40-46-52-58-73(78)86-64-71(92-76(81)61-55-49-43-35-31-27-24-22-21-23-26-28-32-38-44-50-56-68(3)4)66-90-94(82,83)88-62-70(77)63-89-95(84,85)91-67-72(65-87-74(79)59-53-47-41-37-36-39-45-51-57-69(5)6)93-75(80)60-54-48-42-34-29-20-18-16-14-12-10-8-2/h68-72,77H,7-67H2,1-6H3,(H,82,83)(H,84,85)/t70-,71-,72-/m1/s1. The van der Waals surface area contributed by atoms with Gasteiger partial charge >= 0.3 is 39.5 Å². The van der Waals surface area contributed by atoms with Crippen molar-refractivity contribution in [3.8, 4) is 0 Å². The zero-order valence-corrected chi connectivity index (χ0v) is 63.8. The molecule has 0 aliphatic carbocycles. The van der Waals surface area contributed by atoms with E-state index >= 15 is 0 Å². The largest absolute Gasteiger partial charge is 0.472 e. The third kappa shape index (κ3) is 70.3. The number of esters is 4. The quantitative estimate of drug-likeness (QED) is 0.0222. The molecule has 0 rings (SSSR count). The van der Waals surface area contributed by atoms with Crippen LogP contribution in [0.25, 0.3) is 0 Å². The highest BCUT2D eigenvalue weighted by Gasteiger charge is 2.30. The molecule has 17 nitrogen and oxygen atoms in total. The molecule has 564 valence electrons. The molecular formula is C76H148O17P2. The van der Waals surface area contributed by atoms with Gasteiger partial charge in [-0.15, -0.1) is 0 Å². The Labute approximate surface area is 581 Å². The number of hydrogen-bond acceptors (Lipinski definition) is 15. The number of carbonyl (C=O) groups excluding carboxylic acids is 4. The van der Waals surface area contributed by atoms with Crippen LogP contribution >= 0.6 is 15.6 Å². The topological polar surface area (TPSA) is 237 Å². The zero-order chi connectivity index (χ0) is 70.0. The Morgan fingerprint density at radius 2 is 0.484 bits per heavy atom. The summed E-state index contributed by atoms with van der Waals surface area (Å²) in [5, 5.41) is 10.6. The summed E-state index contributed by atoms with van der Waals surface area (Å²) >= 11 is 0. The molecule has 0 radical (unpaired) electrons. The molecule has 0 saturated carbocycles. The number of ether oxygens (including phenoxy) is 4. The number of unbranched alkanes of at least 4 members (excludes halogenated alkanes) is 45. The van der Waals surface area contributed by atoms with Crippen molar-refractivity contribution in [1.29, 1.82) is 0 Å². The molecule has 0 aliphatic rings. The van der Waals surface area contributed by atoms with Gasteiger partial charge in [0.25, 0.3) is 0 Å². The van der Waals surface area contributed by atoms with Crippen molar-refractivity contribution in [2.45, 2.75) is 413 Å². The van der Waals surface area contributed by atoms with Crippen LogP contribution in [0.1, 0.15) is 395 Å². The lowest BCUT2D eigenvalue weighted by molar-refractivity contribution is -0.161. The van der Waals surface area contributed by atoms with Crippen molar-refractivity contribution in [3.05, 3.63) is 0 Å². The van der Waals surface area contributed by atoms with Crippen LogP contribution in [0.4, 0.5) is 0 Å². The lowest BCUT2D eigenvalue weighted by Gasteiger charge is -2.21. The number of phosphoric acid groups is 2. The van der Waals surface area contributed by atoms with Gasteiger partial charge in [-0.2, -0.15) is 0 Å². The summed E-state index contributed by atoms with van der Waals surface area (Å²) in [6, 6.07) is 0. The van der Waals surface area contributed by atoms with E-state index in [1.807, 2.05) is 0 Å². The molecule has 0 spiro atoms. The van der Waals surface area contributed by atoms with Crippen LogP contribution in [0.15, 0.2) is 0 Å². The second-order valence-electron chi connectivity index (χ2n) is 28.3. The van der Waals surface area contributed by atoms with Gasteiger partial charge in [-0.1, -0.05) is 343 Å². The van der Waals surface area contributed by atoms with E-state index in [0.29, 0.717) is 25.7 Å². The van der Waals surface area contributed by atoms with E-state index in [-0.39, 0.29) is 25.7 Å². The second-order valence-corrected chi connectivity index (χ2v) is 31.3. The first-order valence-electron chi connectivity index (χ1n) is 39.5. The van der Waals surface area contributed by atoms with E-state index in [1.165, 1.54) is 212 Å². The molecule has 0 aromatic carbocycles. The van der Waals surface area contributed by atoms with E-state index in [2.05, 4.69) is 41.5 Å². The summed E-state index contributed by atoms with van der Waals surface area (Å²) in [4.78, 5) is 72.8. The molecule has 0 heterocycles. The van der Waals surface area contributed by atoms with E-state index in [1.54, 1.807) is 0 Å². The molecule has 0 aromatic rings.